The van der Waals surface area contributed by atoms with Crippen molar-refractivity contribution in [2.75, 3.05) is 53.0 Å². The van der Waals surface area contributed by atoms with Gasteiger partial charge in [-0.05, 0) is 165 Å². The van der Waals surface area contributed by atoms with Gasteiger partial charge < -0.3 is 46.1 Å². The van der Waals surface area contributed by atoms with Gasteiger partial charge in [-0.2, -0.15) is 0 Å². The van der Waals surface area contributed by atoms with E-state index in [0.29, 0.717) is 58.4 Å². The molecule has 0 fully saturated rings. The smallest absolute Gasteiger partial charge is 0.302 e. The molecule has 0 radical (unpaired) electrons. The molecule has 2 aliphatic carbocycles. The fourth-order valence-corrected chi connectivity index (χ4v) is 9.73. The molecular weight excluding hydrogens is 1480 g/mol. The summed E-state index contributed by atoms with van der Waals surface area (Å²) in [5.74, 6) is -2.05. The van der Waals surface area contributed by atoms with E-state index in [9.17, 15) is 62.3 Å². The summed E-state index contributed by atoms with van der Waals surface area (Å²) in [6.07, 6.45) is 10.3. The molecule has 104 heavy (non-hydrogen) atoms. The van der Waals surface area contributed by atoms with Gasteiger partial charge in [-0.25, -0.2) is 0 Å². The number of carbonyl (C=O) groups is 13. The lowest BCUT2D eigenvalue weighted by molar-refractivity contribution is -0.142. The molecule has 0 saturated heterocycles. The molecule has 0 spiro atoms. The van der Waals surface area contributed by atoms with Crippen LogP contribution in [-0.4, -0.2) is 151 Å². The highest BCUT2D eigenvalue weighted by Crippen LogP contribution is 2.45. The lowest BCUT2D eigenvalue weighted by Gasteiger charge is -2.15. The van der Waals surface area contributed by atoms with Crippen molar-refractivity contribution in [1.82, 2.24) is 31.1 Å². The summed E-state index contributed by atoms with van der Waals surface area (Å²) < 4.78 is 10.4. The molecule has 2 unspecified atom stereocenters. The number of ketones is 4. The van der Waals surface area contributed by atoms with E-state index in [1.165, 1.54) is 96.5 Å². The summed E-state index contributed by atoms with van der Waals surface area (Å²) in [4.78, 5) is 146. The average molecular weight is 1580 g/mol. The van der Waals surface area contributed by atoms with Gasteiger partial charge in [-0.1, -0.05) is 133 Å². The van der Waals surface area contributed by atoms with Crippen LogP contribution in [-0.2, 0) is 119 Å². The zero-order chi connectivity index (χ0) is 75.8. The third-order valence-electron chi connectivity index (χ3n) is 15.1. The Balaban J connectivity index is -0.00000120. The second-order valence-electron chi connectivity index (χ2n) is 22.5. The first-order valence-corrected chi connectivity index (χ1v) is 41.4. The van der Waals surface area contributed by atoms with Crippen LogP contribution in [0.2, 0.25) is 0 Å². The standard InChI is InChI=1S/C17H25N3O5.2C16H14O2.C14H22N4O4.2C4H8O.3CH4.2P2S2/c1-12(21)11-19-14(13(2)22)5-3-4-9-18-15(23)8-10-20-16(24)6-7-17(20)25;2*1-11(17)18-10-16-14-8-4-2-6-12(14)13-7-3-5-9-15(13)16;1-16-10(14(15)22)4-2-3-8-17-11(19)7-9-18-12(20)5-6-13(18)21;2*1-3-4(2)5;;;;2*3-1-2-4/h6-7,14,19H,3-5,8-11H2,1-2H3,(H,18,23);2*2-9,16H,10H2,1H3;5-6,10,16H,2-4,7-9H2,1H3,(H2,15,22)(H,17,19);2*3H2,1-2H3;3*1H4;;. The molecule has 0 aromatic heterocycles. The van der Waals surface area contributed by atoms with E-state index in [1.807, 2.05) is 62.4 Å². The third-order valence-corrected chi connectivity index (χ3v) is 20.4. The first kappa shape index (κ1) is 101. The number of nitrogens with zero attached hydrogens (tertiary/aromatic N) is 2. The molecule has 8 rings (SSSR count). The first-order valence-electron chi connectivity index (χ1n) is 32.4. The number of ether oxygens (including phenoxy) is 2. The van der Waals surface area contributed by atoms with Crippen LogP contribution in [0.15, 0.2) is 121 Å². The Kier molecular flexibility index (Phi) is 57.1. The minimum Gasteiger partial charge on any atom is -0.465 e. The van der Waals surface area contributed by atoms with E-state index >= 15 is 0 Å². The number of nitrogens with one attached hydrogen (secondary N) is 4. The average Bonchev–Trinajstić information content (AvgIpc) is 1.63. The molecule has 4 aliphatic rings. The molecular formula is C74H103N7O15P4S4. The molecule has 4 aromatic rings. The van der Waals surface area contributed by atoms with Crippen LogP contribution in [0.5, 0.6) is 0 Å². The van der Waals surface area contributed by atoms with E-state index in [-0.39, 0.29) is 143 Å². The SMILES string of the molecule is C.C.C.CC(=O)CNC(CCCCNC(=O)CCN1C(=O)C=CC1=O)C(C)=O.CC(=O)OCC1c2ccccc2-c2ccccc21.CC(=O)OCC1c2ccccc2-c2ccccc21.CCC(C)=O.CCC(C)=O.CNC(CCCCNC(=O)CCN1C(=O)C=CC1=O)C(N)=O.S=PP=S.S=PP=S. The number of rotatable bonds is 30. The third kappa shape index (κ3) is 40.2. The Labute approximate surface area is 640 Å². The fraction of sp³-hybridized carbons (Fsp3) is 0.446. The lowest BCUT2D eigenvalue weighted by atomic mass is 9.98. The zero-order valence-electron chi connectivity index (χ0n) is 58.4. The quantitative estimate of drug-likeness (QED) is 0.0140. The number of fused-ring (bicyclic) bond motifs is 6. The number of hydrogen-bond acceptors (Lipinski definition) is 21. The predicted molar refractivity (Wildman–Crippen MR) is 430 cm³/mol. The van der Waals surface area contributed by atoms with Crippen molar-refractivity contribution in [3.63, 3.8) is 0 Å². The van der Waals surface area contributed by atoms with Crippen LogP contribution in [0.4, 0.5) is 0 Å². The molecule has 2 aliphatic heterocycles. The maximum Gasteiger partial charge on any atom is 0.302 e. The van der Waals surface area contributed by atoms with Crippen LogP contribution in [0.3, 0.4) is 0 Å². The number of amides is 7. The zero-order valence-corrected chi connectivity index (χ0v) is 65.2. The Morgan fingerprint density at radius 2 is 0.760 bits per heavy atom. The van der Waals surface area contributed by atoms with Gasteiger partial charge in [-0.3, -0.25) is 62.5 Å². The van der Waals surface area contributed by atoms with E-state index in [0.717, 1.165) is 57.2 Å². The van der Waals surface area contributed by atoms with E-state index in [1.54, 1.807) is 20.9 Å². The minimum absolute atomic E-state index is 0. The number of nitrogens with two attached hydrogens (primary N) is 1. The molecule has 0 saturated carbocycles. The summed E-state index contributed by atoms with van der Waals surface area (Å²) in [5.41, 5.74) is 15.2. The van der Waals surface area contributed by atoms with E-state index < -0.39 is 11.8 Å². The van der Waals surface area contributed by atoms with Gasteiger partial charge in [-0.15, -0.1) is 0 Å². The number of unbranched alkanes of at least 4 members (excludes halogenated alkanes) is 2. The van der Waals surface area contributed by atoms with E-state index in [4.69, 9.17) is 15.2 Å². The summed E-state index contributed by atoms with van der Waals surface area (Å²) in [6.45, 7) is 14.8. The van der Waals surface area contributed by atoms with Crippen molar-refractivity contribution in [3.8, 4) is 22.3 Å². The molecule has 0 bridgehead atoms. The molecule has 568 valence electrons. The number of Topliss-reactive ketones (excluding diaryl/α,β-unsaturated/α-hetero) is 4. The number of likely N-dealkylation sites (N-methyl/N-ethyl adjacent to an activating group) is 1. The minimum atomic E-state index is -0.397. The number of hydrogen-bond donors (Lipinski definition) is 5. The van der Waals surface area contributed by atoms with Gasteiger partial charge in [0.1, 0.15) is 36.3 Å². The van der Waals surface area contributed by atoms with Crippen molar-refractivity contribution in [1.29, 1.82) is 0 Å². The van der Waals surface area contributed by atoms with Crippen molar-refractivity contribution in [3.05, 3.63) is 144 Å². The van der Waals surface area contributed by atoms with Crippen LogP contribution >= 0.6 is 28.2 Å². The van der Waals surface area contributed by atoms with Crippen molar-refractivity contribution in [2.45, 2.75) is 166 Å². The number of carbonyl (C=O) groups excluding carboxylic acids is 13. The number of benzene rings is 4. The Bertz CT molecular complexity index is 3310. The molecule has 6 N–H and O–H groups in total. The molecule has 2 atom stereocenters. The molecule has 30 heteroatoms. The molecule has 2 heterocycles. The highest BCUT2D eigenvalue weighted by molar-refractivity contribution is 8.41. The van der Waals surface area contributed by atoms with Gasteiger partial charge in [0.05, 0.1) is 18.6 Å². The van der Waals surface area contributed by atoms with Crippen LogP contribution in [0.1, 0.15) is 176 Å². The lowest BCUT2D eigenvalue weighted by Crippen LogP contribution is -2.39. The predicted octanol–water partition coefficient (Wildman–Crippen LogP) is 12.4. The number of primary amides is 1. The topological polar surface area (TPSA) is 321 Å². The van der Waals surface area contributed by atoms with Crippen molar-refractivity contribution < 1.29 is 71.8 Å². The second kappa shape index (κ2) is 58.9. The highest BCUT2D eigenvalue weighted by atomic mass is 32.7. The molecule has 4 aromatic carbocycles. The largest absolute Gasteiger partial charge is 0.465 e. The van der Waals surface area contributed by atoms with Crippen LogP contribution in [0, 0.1) is 0 Å². The highest BCUT2D eigenvalue weighted by Gasteiger charge is 2.31. The normalized spacial score (nSPS) is 12.7. The number of esters is 2. The summed E-state index contributed by atoms with van der Waals surface area (Å²) in [5, 5.41) is 11.2. The summed E-state index contributed by atoms with van der Waals surface area (Å²) in [7, 11) is 5.15. The van der Waals surface area contributed by atoms with Crippen LogP contribution < -0.4 is 27.0 Å². The maximum absolute atomic E-state index is 11.7. The van der Waals surface area contributed by atoms with E-state index in [2.05, 4.69) is 117 Å². The van der Waals surface area contributed by atoms with Gasteiger partial charge in [0.25, 0.3) is 23.6 Å². The van der Waals surface area contributed by atoms with Crippen molar-refractivity contribution >= 4 is 152 Å². The van der Waals surface area contributed by atoms with Crippen LogP contribution in [0.25, 0.3) is 22.3 Å². The second-order valence-corrected chi connectivity index (χ2v) is 31.0. The maximum atomic E-state index is 11.7. The number of imide groups is 2. The van der Waals surface area contributed by atoms with Gasteiger partial charge in [0.2, 0.25) is 17.7 Å². The summed E-state index contributed by atoms with van der Waals surface area (Å²) in [6, 6.07) is 32.6. The Morgan fingerprint density at radius 1 is 0.471 bits per heavy atom. The Morgan fingerprint density at radius 3 is 1.00 bits per heavy atom. The fourth-order valence-electron chi connectivity index (χ4n) is 9.73. The molecule has 22 nitrogen and oxygen atoms in total. The molecule has 7 amide bonds. The monoisotopic (exact) mass is 1580 g/mol. The van der Waals surface area contributed by atoms with Gasteiger partial charge >= 0.3 is 11.9 Å². The summed E-state index contributed by atoms with van der Waals surface area (Å²) >= 11 is 17.6. The van der Waals surface area contributed by atoms with Crippen molar-refractivity contribution in [2.24, 2.45) is 5.73 Å². The Hall–Kier alpha value is -7.33. The van der Waals surface area contributed by atoms with Gasteiger partial charge in [0.15, 0.2) is 0 Å². The first-order chi connectivity index (χ1) is 48.2. The van der Waals surface area contributed by atoms with Gasteiger partial charge in [0, 0.05) is 130 Å².